The minimum absolute atomic E-state index is 0.0608. The number of hydrogen-bond acceptors (Lipinski definition) is 4. The number of carbonyl (C=O) groups is 1. The fraction of sp³-hybridized carbons (Fsp3) is 0.583. The number of benzene rings is 2. The van der Waals surface area contributed by atoms with Crippen molar-refractivity contribution in [1.82, 2.24) is 5.32 Å². The van der Waals surface area contributed by atoms with E-state index in [1.807, 2.05) is 0 Å². The molecule has 2 aromatic rings. The minimum atomic E-state index is -0.0608. The Hall–Kier alpha value is -2.30. The first-order valence-electron chi connectivity index (χ1n) is 16.1. The first kappa shape index (κ1) is 30.2. The Morgan fingerprint density at radius 3 is 2.51 bits per heavy atom. The van der Waals surface area contributed by atoms with Gasteiger partial charge >= 0.3 is 0 Å². The molecule has 41 heavy (non-hydrogen) atoms. The van der Waals surface area contributed by atoms with Gasteiger partial charge in [-0.25, -0.2) is 0 Å². The quantitative estimate of drug-likeness (QED) is 0.197. The monoisotopic (exact) mass is 573 g/mol. The number of rotatable bonds is 14. The lowest BCUT2D eigenvalue weighted by atomic mass is 9.68. The fourth-order valence-corrected chi connectivity index (χ4v) is 7.43. The number of carbonyl (C=O) groups excluding carboxylic acids is 1. The number of nitrogens with one attached hydrogen (secondary N) is 3. The molecule has 2 fully saturated rings. The number of halogens is 1. The largest absolute Gasteiger partial charge is 0.312 e. The summed E-state index contributed by atoms with van der Waals surface area (Å²) in [6.45, 7) is 5.35. The van der Waals surface area contributed by atoms with Crippen LogP contribution in [0.25, 0.3) is 0 Å². The van der Waals surface area contributed by atoms with Gasteiger partial charge in [-0.15, -0.1) is 0 Å². The number of hydrogen-bond donors (Lipinski definition) is 3. The van der Waals surface area contributed by atoms with Crippen LogP contribution in [0, 0.1) is 34.5 Å². The highest BCUT2D eigenvalue weighted by atomic mass is 35.5. The zero-order valence-corrected chi connectivity index (χ0v) is 25.7. The Morgan fingerprint density at radius 1 is 1.07 bits per heavy atom. The van der Waals surface area contributed by atoms with Crippen LogP contribution in [-0.4, -0.2) is 24.3 Å². The molecule has 3 aliphatic carbocycles. The molecule has 3 aliphatic rings. The molecule has 3 N–H and O–H groups in total. The van der Waals surface area contributed by atoms with Crippen molar-refractivity contribution in [3.63, 3.8) is 0 Å². The molecule has 0 aromatic heterocycles. The third-order valence-electron chi connectivity index (χ3n) is 10.2. The van der Waals surface area contributed by atoms with E-state index in [0.29, 0.717) is 18.3 Å². The number of ketones is 1. The predicted octanol–water partition coefficient (Wildman–Crippen LogP) is 9.14. The summed E-state index contributed by atoms with van der Waals surface area (Å²) in [5.41, 5.74) is 6.22. The van der Waals surface area contributed by atoms with E-state index in [4.69, 9.17) is 22.4 Å². The number of fused-ring (bicyclic) bond motifs is 1. The van der Waals surface area contributed by atoms with Crippen LogP contribution in [0.2, 0.25) is 5.02 Å². The summed E-state index contributed by atoms with van der Waals surface area (Å²) in [6.07, 6.45) is 14.3. The molecule has 220 valence electrons. The second-order valence-corrected chi connectivity index (χ2v) is 13.5. The highest BCUT2D eigenvalue weighted by Gasteiger charge is 2.34. The van der Waals surface area contributed by atoms with Crippen molar-refractivity contribution in [2.45, 2.75) is 103 Å². The summed E-state index contributed by atoms with van der Waals surface area (Å²) in [7, 11) is 0. The van der Waals surface area contributed by atoms with Crippen molar-refractivity contribution in [2.24, 2.45) is 23.7 Å². The maximum atomic E-state index is 13.3. The van der Waals surface area contributed by atoms with Gasteiger partial charge in [0.25, 0.3) is 0 Å². The average Bonchev–Trinajstić information content (AvgIpc) is 2.91. The van der Waals surface area contributed by atoms with Gasteiger partial charge in [0, 0.05) is 46.8 Å². The summed E-state index contributed by atoms with van der Waals surface area (Å²) in [4.78, 5) is 13.3. The lowest BCUT2D eigenvalue weighted by molar-refractivity contribution is 0.0946. The molecule has 2 saturated carbocycles. The number of aryl methyl sites for hydroxylation is 1. The Bertz CT molecular complexity index is 1250. The highest BCUT2D eigenvalue weighted by Crippen LogP contribution is 2.42. The third kappa shape index (κ3) is 7.03. The first-order valence-corrected chi connectivity index (χ1v) is 16.5. The van der Waals surface area contributed by atoms with Gasteiger partial charge in [-0.05, 0) is 117 Å². The second-order valence-electron chi connectivity index (χ2n) is 13.1. The molecular formula is C36H48ClN3O. The molecule has 0 radical (unpaired) electrons. The van der Waals surface area contributed by atoms with Gasteiger partial charge < -0.3 is 16.1 Å². The molecule has 0 aliphatic heterocycles. The molecule has 0 spiro atoms. The first-order chi connectivity index (χ1) is 19.9. The molecule has 2 unspecified atom stereocenters. The standard InChI is InChI=1S/C36H48ClN3O/c1-3-7-29(21-38)36(39)35(27-11-6-12-27)28-13-5-8-24(16-28)14-15-26-17-31-32(34(41)18-26)19-30(20-33(31)37)23(2)40-22-25-9-4-10-25/h5,8,13,16,19-21,23,25-27,29,35,38-40H,3-4,6-7,9-12,14-15,17-18,22H2,1-2H3/t23-,26?,29?,35-/m1/s1. The van der Waals surface area contributed by atoms with Crippen LogP contribution in [0.1, 0.15) is 123 Å². The summed E-state index contributed by atoms with van der Waals surface area (Å²) in [5.74, 6) is 1.89. The van der Waals surface area contributed by atoms with Gasteiger partial charge in [-0.3, -0.25) is 4.79 Å². The molecule has 0 amide bonds. The van der Waals surface area contributed by atoms with E-state index in [2.05, 4.69) is 55.6 Å². The molecule has 2 aromatic carbocycles. The normalized spacial score (nSPS) is 21.3. The molecule has 0 heterocycles. The molecule has 4 atom stereocenters. The Morgan fingerprint density at radius 2 is 1.85 bits per heavy atom. The van der Waals surface area contributed by atoms with Crippen LogP contribution in [0.15, 0.2) is 36.4 Å². The van der Waals surface area contributed by atoms with Crippen LogP contribution in [0.5, 0.6) is 0 Å². The van der Waals surface area contributed by atoms with Gasteiger partial charge in [0.1, 0.15) is 0 Å². The van der Waals surface area contributed by atoms with Crippen LogP contribution in [-0.2, 0) is 12.8 Å². The summed E-state index contributed by atoms with van der Waals surface area (Å²) < 4.78 is 0. The second kappa shape index (κ2) is 13.8. The van der Waals surface area contributed by atoms with E-state index >= 15 is 0 Å². The summed E-state index contributed by atoms with van der Waals surface area (Å²) in [6, 6.07) is 13.2. The van der Waals surface area contributed by atoms with Crippen LogP contribution in [0.4, 0.5) is 0 Å². The highest BCUT2D eigenvalue weighted by molar-refractivity contribution is 6.32. The van der Waals surface area contributed by atoms with Gasteiger partial charge in [0.05, 0.1) is 0 Å². The van der Waals surface area contributed by atoms with E-state index in [-0.39, 0.29) is 23.7 Å². The van der Waals surface area contributed by atoms with Crippen molar-refractivity contribution in [3.05, 3.63) is 69.2 Å². The lowest BCUT2D eigenvalue weighted by Crippen LogP contribution is -2.31. The molecule has 5 heteroatoms. The minimum Gasteiger partial charge on any atom is -0.312 e. The molecule has 5 rings (SSSR count). The zero-order chi connectivity index (χ0) is 28.9. The average molecular weight is 574 g/mol. The Balaban J connectivity index is 1.24. The maximum absolute atomic E-state index is 13.3. The molecular weight excluding hydrogens is 526 g/mol. The van der Waals surface area contributed by atoms with E-state index in [0.717, 1.165) is 72.0 Å². The van der Waals surface area contributed by atoms with Crippen molar-refractivity contribution in [2.75, 3.05) is 6.54 Å². The van der Waals surface area contributed by atoms with Crippen molar-refractivity contribution in [1.29, 1.82) is 10.8 Å². The van der Waals surface area contributed by atoms with Crippen LogP contribution >= 0.6 is 11.6 Å². The third-order valence-corrected chi connectivity index (χ3v) is 10.6. The van der Waals surface area contributed by atoms with E-state index in [1.54, 1.807) is 0 Å². The van der Waals surface area contributed by atoms with Gasteiger partial charge in [0.2, 0.25) is 0 Å². The van der Waals surface area contributed by atoms with Crippen molar-refractivity contribution in [3.8, 4) is 0 Å². The zero-order valence-electron chi connectivity index (χ0n) is 25.0. The van der Waals surface area contributed by atoms with E-state index < -0.39 is 0 Å². The number of Topliss-reactive ketones (excluding diaryl/α,β-unsaturated/α-hetero) is 1. The molecule has 4 nitrogen and oxygen atoms in total. The van der Waals surface area contributed by atoms with Gasteiger partial charge in [-0.1, -0.05) is 62.1 Å². The van der Waals surface area contributed by atoms with Crippen molar-refractivity contribution >= 4 is 29.3 Å². The van der Waals surface area contributed by atoms with Crippen LogP contribution < -0.4 is 5.32 Å². The maximum Gasteiger partial charge on any atom is 0.163 e. The smallest absolute Gasteiger partial charge is 0.163 e. The van der Waals surface area contributed by atoms with E-state index in [9.17, 15) is 4.79 Å². The lowest BCUT2D eigenvalue weighted by Gasteiger charge is -2.36. The molecule has 0 bridgehead atoms. The fourth-order valence-electron chi connectivity index (χ4n) is 7.12. The summed E-state index contributed by atoms with van der Waals surface area (Å²) >= 11 is 6.82. The topological polar surface area (TPSA) is 76.8 Å². The van der Waals surface area contributed by atoms with Gasteiger partial charge in [0.15, 0.2) is 5.78 Å². The Kier molecular flexibility index (Phi) is 10.1. The van der Waals surface area contributed by atoms with Gasteiger partial charge in [-0.2, -0.15) is 0 Å². The Labute approximate surface area is 252 Å². The van der Waals surface area contributed by atoms with E-state index in [1.165, 1.54) is 55.9 Å². The summed E-state index contributed by atoms with van der Waals surface area (Å²) in [5, 5.41) is 21.4. The van der Waals surface area contributed by atoms with Crippen LogP contribution in [0.3, 0.4) is 0 Å². The molecule has 0 saturated heterocycles. The SMILES string of the molecule is CCCC(C=N)C(=N)[C@@H](c1cccc(CCC2CC(=O)c3cc([C@@H](C)NCC4CCC4)cc(Cl)c3C2)c1)C1CCC1. The van der Waals surface area contributed by atoms with Crippen molar-refractivity contribution < 1.29 is 4.79 Å². The predicted molar refractivity (Wildman–Crippen MR) is 171 cm³/mol.